The number of nitrogens with one attached hydrogen (secondary N) is 4. The van der Waals surface area contributed by atoms with Crippen LogP contribution in [-0.2, 0) is 16.0 Å². The molecule has 45 heavy (non-hydrogen) atoms. The van der Waals surface area contributed by atoms with Crippen molar-refractivity contribution in [3.63, 3.8) is 0 Å². The molecular weight excluding hydrogens is 578 g/mol. The summed E-state index contributed by atoms with van der Waals surface area (Å²) < 4.78 is 7.24. The van der Waals surface area contributed by atoms with Gasteiger partial charge in [-0.1, -0.05) is 42.5 Å². The van der Waals surface area contributed by atoms with Gasteiger partial charge in [-0.15, -0.1) is 0 Å². The molecular formula is C32H35N7O6. The van der Waals surface area contributed by atoms with Gasteiger partial charge in [0.05, 0.1) is 17.4 Å². The van der Waals surface area contributed by atoms with Crippen molar-refractivity contribution >= 4 is 23.6 Å². The fourth-order valence-electron chi connectivity index (χ4n) is 5.07. The fourth-order valence-corrected chi connectivity index (χ4v) is 5.07. The molecule has 0 spiro atoms. The van der Waals surface area contributed by atoms with Gasteiger partial charge in [-0.05, 0) is 49.9 Å². The van der Waals surface area contributed by atoms with Crippen LogP contribution < -0.4 is 21.3 Å². The number of carbonyl (C=O) groups excluding carboxylic acids is 4. The van der Waals surface area contributed by atoms with Gasteiger partial charge in [0.15, 0.2) is 5.69 Å². The van der Waals surface area contributed by atoms with Crippen molar-refractivity contribution in [3.8, 4) is 5.69 Å². The van der Waals surface area contributed by atoms with Gasteiger partial charge in [0.1, 0.15) is 24.4 Å². The quantitative estimate of drug-likeness (QED) is 0.218. The molecule has 13 heteroatoms. The van der Waals surface area contributed by atoms with Crippen LogP contribution in [0.1, 0.15) is 64.5 Å². The Morgan fingerprint density at radius 1 is 1.04 bits per heavy atom. The minimum atomic E-state index is -1.22. The SMILES string of the molecule is C[C@@H](O)[C@@H]1NC(=O)c2coc(n2)[C@H](Cc2ccccc2)NC(=O)[C@@H](NC(=O)c2ccccc2-n2cccn2)CCCCNC1=O. The Labute approximate surface area is 259 Å². The largest absolute Gasteiger partial charge is 0.446 e. The molecule has 5 N–H and O–H groups in total. The van der Waals surface area contributed by atoms with Gasteiger partial charge in [-0.25, -0.2) is 9.67 Å². The van der Waals surface area contributed by atoms with Gasteiger partial charge in [-0.3, -0.25) is 19.2 Å². The van der Waals surface area contributed by atoms with E-state index in [-0.39, 0.29) is 31.0 Å². The molecule has 0 radical (unpaired) electrons. The molecule has 0 fully saturated rings. The third-order valence-corrected chi connectivity index (χ3v) is 7.44. The molecule has 2 aromatic carbocycles. The summed E-state index contributed by atoms with van der Waals surface area (Å²) in [6, 6.07) is 15.1. The average Bonchev–Trinajstić information content (AvgIpc) is 3.76. The minimum absolute atomic E-state index is 0.0663. The second-order valence-electron chi connectivity index (χ2n) is 10.8. The topological polar surface area (TPSA) is 180 Å². The van der Waals surface area contributed by atoms with E-state index in [0.717, 1.165) is 11.8 Å². The second-order valence-corrected chi connectivity index (χ2v) is 10.8. The predicted octanol–water partition coefficient (Wildman–Crippen LogP) is 1.84. The smallest absolute Gasteiger partial charge is 0.273 e. The van der Waals surface area contributed by atoms with Crippen molar-refractivity contribution in [1.29, 1.82) is 0 Å². The third-order valence-electron chi connectivity index (χ3n) is 7.44. The number of amides is 4. The Kier molecular flexibility index (Phi) is 10.00. The van der Waals surface area contributed by atoms with E-state index in [1.807, 2.05) is 30.3 Å². The number of hydrogen-bond donors (Lipinski definition) is 5. The van der Waals surface area contributed by atoms with Gasteiger partial charge in [0, 0.05) is 25.4 Å². The highest BCUT2D eigenvalue weighted by molar-refractivity contribution is 6.00. The molecule has 1 aliphatic heterocycles. The summed E-state index contributed by atoms with van der Waals surface area (Å²) in [5, 5.41) is 25.5. The third kappa shape index (κ3) is 7.81. The Hall–Kier alpha value is -5.30. The lowest BCUT2D eigenvalue weighted by Gasteiger charge is -2.23. The van der Waals surface area contributed by atoms with Gasteiger partial charge in [0.25, 0.3) is 11.8 Å². The highest BCUT2D eigenvalue weighted by Crippen LogP contribution is 2.20. The van der Waals surface area contributed by atoms with Crippen LogP contribution in [0.2, 0.25) is 0 Å². The summed E-state index contributed by atoms with van der Waals surface area (Å²) in [6.07, 6.45) is 4.79. The lowest BCUT2D eigenvalue weighted by molar-refractivity contribution is -0.125. The number of fused-ring (bicyclic) bond motifs is 2. The summed E-state index contributed by atoms with van der Waals surface area (Å²) in [5.74, 6) is -2.14. The molecule has 1 aliphatic rings. The van der Waals surface area contributed by atoms with Crippen LogP contribution in [0.4, 0.5) is 0 Å². The highest BCUT2D eigenvalue weighted by Gasteiger charge is 2.31. The van der Waals surface area contributed by atoms with E-state index in [2.05, 4.69) is 31.3 Å². The maximum absolute atomic E-state index is 13.8. The number of oxazole rings is 1. The summed E-state index contributed by atoms with van der Waals surface area (Å²) >= 11 is 0. The molecule has 234 valence electrons. The molecule has 2 bridgehead atoms. The first-order valence-corrected chi connectivity index (χ1v) is 14.8. The lowest BCUT2D eigenvalue weighted by Crippen LogP contribution is -2.52. The summed E-state index contributed by atoms with van der Waals surface area (Å²) in [4.78, 5) is 57.5. The first-order valence-electron chi connectivity index (χ1n) is 14.8. The number of benzene rings is 2. The van der Waals surface area contributed by atoms with Crippen LogP contribution in [0.5, 0.6) is 0 Å². The Morgan fingerprint density at radius 2 is 1.82 bits per heavy atom. The molecule has 4 amide bonds. The maximum Gasteiger partial charge on any atom is 0.273 e. The maximum atomic E-state index is 13.8. The molecule has 0 aliphatic carbocycles. The van der Waals surface area contributed by atoms with Crippen LogP contribution in [-0.4, -0.2) is 68.2 Å². The van der Waals surface area contributed by atoms with E-state index < -0.39 is 47.9 Å². The summed E-state index contributed by atoms with van der Waals surface area (Å²) in [7, 11) is 0. The standard InChI is InChI=1S/C32H35N7O6/c1-20(40)27-31(44)33-15-8-7-13-23(35-28(41)22-12-5-6-14-26(22)39-17-9-16-34-39)29(42)36-24(18-21-10-3-2-4-11-21)32-37-25(19-45-32)30(43)38-27/h2-6,9-12,14,16-17,19-20,23-24,27,40H,7-8,13,15,18H2,1H3,(H,33,44)(H,35,41)(H,36,42)(H,38,43)/t20-,23+,24+,27+/m1/s1. The number of para-hydroxylation sites is 1. The Balaban J connectivity index is 1.44. The zero-order valence-electron chi connectivity index (χ0n) is 24.7. The van der Waals surface area contributed by atoms with Crippen molar-refractivity contribution in [2.75, 3.05) is 6.54 Å². The molecule has 4 aromatic rings. The van der Waals surface area contributed by atoms with Gasteiger partial charge < -0.3 is 30.8 Å². The minimum Gasteiger partial charge on any atom is -0.446 e. The van der Waals surface area contributed by atoms with Crippen LogP contribution in [0.15, 0.2) is 83.7 Å². The number of nitrogens with zero attached hydrogens (tertiary/aromatic N) is 3. The van der Waals surface area contributed by atoms with Gasteiger partial charge in [0.2, 0.25) is 17.7 Å². The monoisotopic (exact) mass is 613 g/mol. The van der Waals surface area contributed by atoms with Crippen molar-refractivity contribution in [1.82, 2.24) is 36.0 Å². The second kappa shape index (κ2) is 14.4. The molecule has 4 atom stereocenters. The Bertz CT molecular complexity index is 1620. The molecule has 13 nitrogen and oxygen atoms in total. The molecule has 0 saturated carbocycles. The first kappa shape index (κ1) is 31.1. The van der Waals surface area contributed by atoms with Gasteiger partial charge >= 0.3 is 0 Å². The lowest BCUT2D eigenvalue weighted by atomic mass is 10.0. The zero-order chi connectivity index (χ0) is 31.8. The number of rotatable bonds is 6. The predicted molar refractivity (Wildman–Crippen MR) is 162 cm³/mol. The van der Waals surface area contributed by atoms with Crippen molar-refractivity contribution < 1.29 is 28.7 Å². The number of aromatic nitrogens is 3. The van der Waals surface area contributed by atoms with E-state index >= 15 is 0 Å². The molecule has 3 heterocycles. The summed E-state index contributed by atoms with van der Waals surface area (Å²) in [5.41, 5.74) is 1.64. The molecule has 0 saturated heterocycles. The van der Waals surface area contributed by atoms with Crippen molar-refractivity contribution in [3.05, 3.63) is 102 Å². The summed E-state index contributed by atoms with van der Waals surface area (Å²) in [6.45, 7) is 1.63. The van der Waals surface area contributed by atoms with Crippen molar-refractivity contribution in [2.45, 2.75) is 56.8 Å². The van der Waals surface area contributed by atoms with Crippen molar-refractivity contribution in [2.24, 2.45) is 0 Å². The zero-order valence-corrected chi connectivity index (χ0v) is 24.7. The van der Waals surface area contributed by atoms with Gasteiger partial charge in [-0.2, -0.15) is 5.10 Å². The van der Waals surface area contributed by atoms with E-state index in [0.29, 0.717) is 24.1 Å². The van der Waals surface area contributed by atoms with E-state index in [9.17, 15) is 24.3 Å². The van der Waals surface area contributed by atoms with Crippen LogP contribution >= 0.6 is 0 Å². The number of hydrogen-bond acceptors (Lipinski definition) is 8. The van der Waals surface area contributed by atoms with Crippen LogP contribution in [0, 0.1) is 0 Å². The first-order chi connectivity index (χ1) is 21.8. The molecule has 2 aromatic heterocycles. The Morgan fingerprint density at radius 3 is 2.58 bits per heavy atom. The van der Waals surface area contributed by atoms with E-state index in [1.165, 1.54) is 6.92 Å². The highest BCUT2D eigenvalue weighted by atomic mass is 16.3. The number of aliphatic hydroxyl groups is 1. The average molecular weight is 614 g/mol. The molecule has 0 unspecified atom stereocenters. The fraction of sp³-hybridized carbons (Fsp3) is 0.312. The van der Waals surface area contributed by atoms with E-state index in [1.54, 1.807) is 47.4 Å². The van der Waals surface area contributed by atoms with Crippen LogP contribution in [0.3, 0.4) is 0 Å². The normalized spacial score (nSPS) is 20.4. The van der Waals surface area contributed by atoms with Crippen LogP contribution in [0.25, 0.3) is 5.69 Å². The van der Waals surface area contributed by atoms with E-state index in [4.69, 9.17) is 4.42 Å². The number of carbonyl (C=O) groups is 4. The molecule has 5 rings (SSSR count). The number of aliphatic hydroxyl groups excluding tert-OH is 1.